The zero-order valence-corrected chi connectivity index (χ0v) is 17.7. The summed E-state index contributed by atoms with van der Waals surface area (Å²) in [6, 6.07) is 7.31. The molecule has 9 heteroatoms. The molecule has 2 aromatic rings. The van der Waals surface area contributed by atoms with Crippen molar-refractivity contribution in [3.8, 4) is 11.5 Å². The van der Waals surface area contributed by atoms with Crippen LogP contribution in [0, 0.1) is 0 Å². The predicted molar refractivity (Wildman–Crippen MR) is 110 cm³/mol. The second-order valence-electron chi connectivity index (χ2n) is 6.66. The first kappa shape index (κ1) is 20.6. The number of rotatable bonds is 8. The lowest BCUT2D eigenvalue weighted by atomic mass is 10.1. The van der Waals surface area contributed by atoms with E-state index in [1.54, 1.807) is 6.07 Å². The average Bonchev–Trinajstić information content (AvgIpc) is 3.20. The number of hydrogen-bond acceptors (Lipinski definition) is 6. The molecule has 0 saturated heterocycles. The third-order valence-corrected chi connectivity index (χ3v) is 6.04. The molecule has 0 aliphatic carbocycles. The molecule has 28 heavy (non-hydrogen) atoms. The highest BCUT2D eigenvalue weighted by Gasteiger charge is 2.23. The van der Waals surface area contributed by atoms with Crippen molar-refractivity contribution in [1.29, 1.82) is 0 Å². The molecule has 2 heterocycles. The zero-order valence-electron chi connectivity index (χ0n) is 16.1. The van der Waals surface area contributed by atoms with Gasteiger partial charge in [-0.05, 0) is 38.5 Å². The highest BCUT2D eigenvalue weighted by molar-refractivity contribution is 7.88. The summed E-state index contributed by atoms with van der Waals surface area (Å²) in [4.78, 5) is 14.1. The quantitative estimate of drug-likeness (QED) is 0.680. The van der Waals surface area contributed by atoms with Crippen LogP contribution in [0.25, 0.3) is 0 Å². The van der Waals surface area contributed by atoms with Crippen molar-refractivity contribution >= 4 is 33.0 Å². The second-order valence-corrected chi connectivity index (χ2v) is 9.66. The standard InChI is InChI=1S/C19H24N2O5S2/c1-4-25-17-10-13-9-12(2)26-16(13)11-15(17)21-19(22)18-6-5-14(27-18)7-8-20-28(3,23)24/h5-6,10-12,20H,4,7-9H2,1-3H3,(H,21,22). The molecular weight excluding hydrogens is 400 g/mol. The summed E-state index contributed by atoms with van der Waals surface area (Å²) in [6.45, 7) is 4.70. The zero-order chi connectivity index (χ0) is 20.3. The molecule has 0 radical (unpaired) electrons. The Morgan fingerprint density at radius 1 is 1.36 bits per heavy atom. The summed E-state index contributed by atoms with van der Waals surface area (Å²) in [5.74, 6) is 1.16. The van der Waals surface area contributed by atoms with Crippen LogP contribution in [-0.2, 0) is 22.9 Å². The van der Waals surface area contributed by atoms with Crippen LogP contribution in [-0.4, -0.2) is 39.8 Å². The first-order valence-electron chi connectivity index (χ1n) is 9.06. The molecule has 2 N–H and O–H groups in total. The Morgan fingerprint density at radius 3 is 2.86 bits per heavy atom. The highest BCUT2D eigenvalue weighted by atomic mass is 32.2. The van der Waals surface area contributed by atoms with Gasteiger partial charge in [0, 0.05) is 29.5 Å². The van der Waals surface area contributed by atoms with Crippen molar-refractivity contribution < 1.29 is 22.7 Å². The second kappa shape index (κ2) is 8.50. The number of carbonyl (C=O) groups is 1. The summed E-state index contributed by atoms with van der Waals surface area (Å²) in [6.07, 6.45) is 2.58. The molecule has 1 unspecified atom stereocenters. The Bertz CT molecular complexity index is 969. The van der Waals surface area contributed by atoms with Crippen LogP contribution in [0.1, 0.15) is 34.0 Å². The van der Waals surface area contributed by atoms with Crippen molar-refractivity contribution in [3.05, 3.63) is 39.6 Å². The van der Waals surface area contributed by atoms with Crippen LogP contribution in [0.15, 0.2) is 24.3 Å². The van der Waals surface area contributed by atoms with Crippen LogP contribution in [0.4, 0.5) is 5.69 Å². The Kier molecular flexibility index (Phi) is 6.26. The van der Waals surface area contributed by atoms with E-state index in [4.69, 9.17) is 9.47 Å². The Labute approximate surface area is 169 Å². The van der Waals surface area contributed by atoms with Crippen LogP contribution >= 0.6 is 11.3 Å². The molecule has 152 valence electrons. The molecule has 0 saturated carbocycles. The Hall–Kier alpha value is -2.10. The molecule has 1 aliphatic heterocycles. The van der Waals surface area contributed by atoms with Gasteiger partial charge in [-0.25, -0.2) is 13.1 Å². The van der Waals surface area contributed by atoms with Crippen LogP contribution in [0.5, 0.6) is 11.5 Å². The summed E-state index contributed by atoms with van der Waals surface area (Å²) in [5.41, 5.74) is 1.65. The Morgan fingerprint density at radius 2 is 2.14 bits per heavy atom. The molecule has 0 fully saturated rings. The molecule has 0 bridgehead atoms. The molecule has 7 nitrogen and oxygen atoms in total. The van der Waals surface area contributed by atoms with E-state index < -0.39 is 10.0 Å². The van der Waals surface area contributed by atoms with E-state index in [0.717, 1.165) is 28.9 Å². The van der Waals surface area contributed by atoms with Gasteiger partial charge in [-0.1, -0.05) is 0 Å². The third-order valence-electron chi connectivity index (χ3n) is 4.17. The van der Waals surface area contributed by atoms with E-state index in [1.807, 2.05) is 32.0 Å². The number of sulfonamides is 1. The van der Waals surface area contributed by atoms with Crippen LogP contribution < -0.4 is 19.5 Å². The van der Waals surface area contributed by atoms with E-state index >= 15 is 0 Å². The molecule has 1 atom stereocenters. The van der Waals surface area contributed by atoms with Gasteiger partial charge in [-0.2, -0.15) is 0 Å². The molecule has 1 aromatic carbocycles. The number of hydrogen-bond donors (Lipinski definition) is 2. The summed E-state index contributed by atoms with van der Waals surface area (Å²) < 4.78 is 36.2. The summed E-state index contributed by atoms with van der Waals surface area (Å²) in [5, 5.41) is 2.90. The first-order chi connectivity index (χ1) is 13.2. The molecule has 1 aromatic heterocycles. The molecule has 1 amide bonds. The maximum absolute atomic E-state index is 12.7. The maximum atomic E-state index is 12.7. The van der Waals surface area contributed by atoms with Crippen LogP contribution in [0.2, 0.25) is 0 Å². The lowest BCUT2D eigenvalue weighted by Gasteiger charge is -2.13. The largest absolute Gasteiger partial charge is 0.492 e. The molecule has 3 rings (SSSR count). The van der Waals surface area contributed by atoms with E-state index in [9.17, 15) is 13.2 Å². The minimum Gasteiger partial charge on any atom is -0.492 e. The van der Waals surface area contributed by atoms with Crippen molar-refractivity contribution in [2.75, 3.05) is 24.7 Å². The van der Waals surface area contributed by atoms with Crippen molar-refractivity contribution in [2.45, 2.75) is 32.8 Å². The number of anilines is 1. The Balaban J connectivity index is 1.70. The fourth-order valence-corrected chi connectivity index (χ4v) is 4.37. The average molecular weight is 425 g/mol. The van der Waals surface area contributed by atoms with E-state index in [1.165, 1.54) is 11.3 Å². The fraction of sp³-hybridized carbons (Fsp3) is 0.421. The third kappa shape index (κ3) is 5.24. The lowest BCUT2D eigenvalue weighted by molar-refractivity contribution is 0.103. The lowest BCUT2D eigenvalue weighted by Crippen LogP contribution is -2.24. The van der Waals surface area contributed by atoms with Gasteiger partial charge < -0.3 is 14.8 Å². The minimum atomic E-state index is -3.21. The van der Waals surface area contributed by atoms with E-state index in [-0.39, 0.29) is 12.0 Å². The summed E-state index contributed by atoms with van der Waals surface area (Å²) in [7, 11) is -3.21. The minimum absolute atomic E-state index is 0.107. The SMILES string of the molecule is CCOc1cc2c(cc1NC(=O)c1ccc(CCNS(C)(=O)=O)s1)OC(C)C2. The summed E-state index contributed by atoms with van der Waals surface area (Å²) >= 11 is 1.34. The number of amides is 1. The number of fused-ring (bicyclic) bond motifs is 1. The highest BCUT2D eigenvalue weighted by Crippen LogP contribution is 2.38. The van der Waals surface area contributed by atoms with Gasteiger partial charge in [0.25, 0.3) is 5.91 Å². The van der Waals surface area contributed by atoms with Crippen LogP contribution in [0.3, 0.4) is 0 Å². The first-order valence-corrected chi connectivity index (χ1v) is 11.8. The topological polar surface area (TPSA) is 93.7 Å². The van der Waals surface area contributed by atoms with Gasteiger partial charge in [0.1, 0.15) is 17.6 Å². The molecule has 0 spiro atoms. The number of thiophene rings is 1. The number of ether oxygens (including phenoxy) is 2. The van der Waals surface area contributed by atoms with Gasteiger partial charge >= 0.3 is 0 Å². The van der Waals surface area contributed by atoms with Crippen molar-refractivity contribution in [3.63, 3.8) is 0 Å². The number of nitrogens with one attached hydrogen (secondary N) is 2. The van der Waals surface area contributed by atoms with Crippen molar-refractivity contribution in [1.82, 2.24) is 4.72 Å². The molecule has 1 aliphatic rings. The normalized spacial score (nSPS) is 15.8. The molecular formula is C19H24N2O5S2. The van der Waals surface area contributed by atoms with E-state index in [0.29, 0.717) is 35.9 Å². The van der Waals surface area contributed by atoms with Gasteiger partial charge in [-0.15, -0.1) is 11.3 Å². The van der Waals surface area contributed by atoms with Gasteiger partial charge in [-0.3, -0.25) is 4.79 Å². The van der Waals surface area contributed by atoms with E-state index in [2.05, 4.69) is 10.0 Å². The van der Waals surface area contributed by atoms with Gasteiger partial charge in [0.15, 0.2) is 0 Å². The predicted octanol–water partition coefficient (Wildman–Crippen LogP) is 2.81. The smallest absolute Gasteiger partial charge is 0.265 e. The van der Waals surface area contributed by atoms with Gasteiger partial charge in [0.2, 0.25) is 10.0 Å². The maximum Gasteiger partial charge on any atom is 0.265 e. The number of benzene rings is 1. The van der Waals surface area contributed by atoms with Crippen molar-refractivity contribution in [2.24, 2.45) is 0 Å². The monoisotopic (exact) mass is 424 g/mol. The van der Waals surface area contributed by atoms with Gasteiger partial charge in [0.05, 0.1) is 23.4 Å². The fourth-order valence-electron chi connectivity index (χ4n) is 2.99. The number of carbonyl (C=O) groups excluding carboxylic acids is 1.